The average Bonchev–Trinajstić information content (AvgIpc) is 2.68. The van der Waals surface area contributed by atoms with Crippen molar-refractivity contribution in [1.29, 1.82) is 0 Å². The van der Waals surface area contributed by atoms with Crippen LogP contribution >= 0.6 is 0 Å². The Balaban J connectivity index is 1.54. The molecule has 0 atom stereocenters. The molecule has 0 spiro atoms. The molecule has 0 radical (unpaired) electrons. The van der Waals surface area contributed by atoms with E-state index in [1.807, 2.05) is 25.3 Å². The lowest BCUT2D eigenvalue weighted by Gasteiger charge is -2.29. The van der Waals surface area contributed by atoms with Gasteiger partial charge in [0.05, 0.1) is 0 Å². The molecular weight excluding hydrogens is 314 g/mol. The van der Waals surface area contributed by atoms with Crippen LogP contribution in [0.15, 0.2) is 42.6 Å². The van der Waals surface area contributed by atoms with Gasteiger partial charge in [0.1, 0.15) is 0 Å². The summed E-state index contributed by atoms with van der Waals surface area (Å²) in [7, 11) is 0. The van der Waals surface area contributed by atoms with E-state index in [-0.39, 0.29) is 0 Å². The van der Waals surface area contributed by atoms with Gasteiger partial charge in [-0.2, -0.15) is 0 Å². The maximum atomic E-state index is 4.22. The zero-order valence-electron chi connectivity index (χ0n) is 16.3. The van der Waals surface area contributed by atoms with Gasteiger partial charge in [-0.3, -0.25) is 4.98 Å². The number of rotatable bonds is 5. The minimum atomic E-state index is 0.752. The monoisotopic (exact) mass is 345 g/mol. The molecule has 0 bridgehead atoms. The lowest BCUT2D eigenvalue weighted by Crippen LogP contribution is -2.13. The molecule has 1 aliphatic rings. The van der Waals surface area contributed by atoms with E-state index in [1.165, 1.54) is 56.9 Å². The lowest BCUT2D eigenvalue weighted by molar-refractivity contribution is 0.303. The standard InChI is InChI=1S/C25H31N/c1-3-4-5-6-21-9-13-24(14-10-21)25-15-11-22(12-16-25)7-8-23-17-18-26-20(2)19-23/h11-12,15-19,21,24H,3-6,9-10,13-14H2,1-2H3. The van der Waals surface area contributed by atoms with E-state index in [0.717, 1.165) is 28.7 Å². The molecule has 1 heteroatoms. The summed E-state index contributed by atoms with van der Waals surface area (Å²) in [5.74, 6) is 8.25. The molecule has 0 N–H and O–H groups in total. The summed E-state index contributed by atoms with van der Waals surface area (Å²) in [5.41, 5.74) is 4.64. The summed E-state index contributed by atoms with van der Waals surface area (Å²) >= 11 is 0. The summed E-state index contributed by atoms with van der Waals surface area (Å²) in [4.78, 5) is 4.22. The first kappa shape index (κ1) is 18.7. The van der Waals surface area contributed by atoms with Crippen LogP contribution in [0.5, 0.6) is 0 Å². The first-order valence-corrected chi connectivity index (χ1v) is 10.3. The first-order chi connectivity index (χ1) is 12.7. The van der Waals surface area contributed by atoms with Crippen LogP contribution in [-0.4, -0.2) is 4.98 Å². The van der Waals surface area contributed by atoms with Gasteiger partial charge >= 0.3 is 0 Å². The zero-order chi connectivity index (χ0) is 18.2. The van der Waals surface area contributed by atoms with Gasteiger partial charge in [-0.15, -0.1) is 0 Å². The van der Waals surface area contributed by atoms with Crippen LogP contribution in [0, 0.1) is 24.7 Å². The molecule has 26 heavy (non-hydrogen) atoms. The van der Waals surface area contributed by atoms with Crippen molar-refractivity contribution in [2.45, 2.75) is 71.1 Å². The van der Waals surface area contributed by atoms with Gasteiger partial charge < -0.3 is 0 Å². The number of unbranched alkanes of at least 4 members (excludes halogenated alkanes) is 2. The van der Waals surface area contributed by atoms with Crippen molar-refractivity contribution >= 4 is 0 Å². The Morgan fingerprint density at radius 3 is 2.35 bits per heavy atom. The van der Waals surface area contributed by atoms with E-state index in [9.17, 15) is 0 Å². The summed E-state index contributed by atoms with van der Waals surface area (Å²) in [6, 6.07) is 13.0. The molecule has 1 saturated carbocycles. The van der Waals surface area contributed by atoms with Gasteiger partial charge in [-0.1, -0.05) is 56.6 Å². The molecule has 1 aliphatic carbocycles. The normalized spacial score (nSPS) is 19.6. The second-order valence-corrected chi connectivity index (χ2v) is 7.77. The van der Waals surface area contributed by atoms with Gasteiger partial charge in [0.2, 0.25) is 0 Å². The number of aromatic nitrogens is 1. The van der Waals surface area contributed by atoms with E-state index >= 15 is 0 Å². The Morgan fingerprint density at radius 2 is 1.65 bits per heavy atom. The Kier molecular flexibility index (Phi) is 6.89. The van der Waals surface area contributed by atoms with Crippen molar-refractivity contribution < 1.29 is 0 Å². The van der Waals surface area contributed by atoms with Crippen molar-refractivity contribution in [2.75, 3.05) is 0 Å². The summed E-state index contributed by atoms with van der Waals surface area (Å²) in [6.45, 7) is 4.29. The quantitative estimate of drug-likeness (QED) is 0.437. The van der Waals surface area contributed by atoms with Crippen LogP contribution < -0.4 is 0 Å². The van der Waals surface area contributed by atoms with Gasteiger partial charge in [-0.05, 0) is 74.3 Å². The average molecular weight is 346 g/mol. The molecule has 1 aromatic heterocycles. The minimum Gasteiger partial charge on any atom is -0.262 e. The highest BCUT2D eigenvalue weighted by Crippen LogP contribution is 2.37. The molecule has 1 fully saturated rings. The van der Waals surface area contributed by atoms with Crippen LogP contribution in [0.4, 0.5) is 0 Å². The molecule has 1 aromatic carbocycles. The van der Waals surface area contributed by atoms with Crippen LogP contribution in [0.3, 0.4) is 0 Å². The Hall–Kier alpha value is -2.07. The summed E-state index contributed by atoms with van der Waals surface area (Å²) in [6.07, 6.45) is 13.0. The molecule has 1 heterocycles. The minimum absolute atomic E-state index is 0.752. The molecule has 1 nitrogen and oxygen atoms in total. The first-order valence-electron chi connectivity index (χ1n) is 10.3. The fraction of sp³-hybridized carbons (Fsp3) is 0.480. The zero-order valence-corrected chi connectivity index (χ0v) is 16.3. The fourth-order valence-electron chi connectivity index (χ4n) is 4.07. The molecule has 0 saturated heterocycles. The van der Waals surface area contributed by atoms with Crippen molar-refractivity contribution in [2.24, 2.45) is 5.92 Å². The maximum Gasteiger partial charge on any atom is 0.0385 e. The molecule has 0 amide bonds. The highest BCUT2D eigenvalue weighted by molar-refractivity contribution is 5.43. The molecule has 0 unspecified atom stereocenters. The van der Waals surface area contributed by atoms with Crippen LogP contribution in [-0.2, 0) is 0 Å². The lowest BCUT2D eigenvalue weighted by atomic mass is 9.77. The van der Waals surface area contributed by atoms with Crippen LogP contribution in [0.25, 0.3) is 0 Å². The third-order valence-electron chi connectivity index (χ3n) is 5.69. The number of benzene rings is 1. The van der Waals surface area contributed by atoms with Gasteiger partial charge in [0.15, 0.2) is 0 Å². The highest BCUT2D eigenvalue weighted by atomic mass is 14.6. The van der Waals surface area contributed by atoms with E-state index in [4.69, 9.17) is 0 Å². The Morgan fingerprint density at radius 1 is 0.923 bits per heavy atom. The van der Waals surface area contributed by atoms with E-state index in [0.29, 0.717) is 0 Å². The van der Waals surface area contributed by atoms with E-state index < -0.39 is 0 Å². The molecule has 0 aliphatic heterocycles. The van der Waals surface area contributed by atoms with E-state index in [1.54, 1.807) is 0 Å². The Bertz CT molecular complexity index is 740. The summed E-state index contributed by atoms with van der Waals surface area (Å²) in [5, 5.41) is 0. The maximum absolute atomic E-state index is 4.22. The smallest absolute Gasteiger partial charge is 0.0385 e. The van der Waals surface area contributed by atoms with Crippen molar-refractivity contribution in [3.05, 3.63) is 65.0 Å². The number of nitrogens with zero attached hydrogens (tertiary/aromatic N) is 1. The van der Waals surface area contributed by atoms with Crippen molar-refractivity contribution in [1.82, 2.24) is 4.98 Å². The molecule has 2 aromatic rings. The number of aryl methyl sites for hydroxylation is 1. The number of hydrogen-bond donors (Lipinski definition) is 0. The second-order valence-electron chi connectivity index (χ2n) is 7.77. The molecular formula is C25H31N. The second kappa shape index (κ2) is 9.58. The van der Waals surface area contributed by atoms with Crippen molar-refractivity contribution in [3.63, 3.8) is 0 Å². The Labute approximate surface area is 159 Å². The topological polar surface area (TPSA) is 12.9 Å². The third kappa shape index (κ3) is 5.46. The van der Waals surface area contributed by atoms with Gasteiger partial charge in [0.25, 0.3) is 0 Å². The SMILES string of the molecule is CCCCCC1CCC(c2ccc(C#Cc3ccnc(C)c3)cc2)CC1. The number of hydrogen-bond acceptors (Lipinski definition) is 1. The predicted molar refractivity (Wildman–Crippen MR) is 110 cm³/mol. The summed E-state index contributed by atoms with van der Waals surface area (Å²) < 4.78 is 0. The largest absolute Gasteiger partial charge is 0.262 e. The number of pyridine rings is 1. The van der Waals surface area contributed by atoms with Crippen LogP contribution in [0.1, 0.15) is 86.6 Å². The fourth-order valence-corrected chi connectivity index (χ4v) is 4.07. The third-order valence-corrected chi connectivity index (χ3v) is 5.69. The highest BCUT2D eigenvalue weighted by Gasteiger charge is 2.21. The van der Waals surface area contributed by atoms with Gasteiger partial charge in [0, 0.05) is 23.0 Å². The van der Waals surface area contributed by atoms with Gasteiger partial charge in [-0.25, -0.2) is 0 Å². The molecule has 136 valence electrons. The van der Waals surface area contributed by atoms with Crippen LogP contribution in [0.2, 0.25) is 0 Å². The molecule has 3 rings (SSSR count). The predicted octanol–water partition coefficient (Wildman–Crippen LogP) is 6.64. The van der Waals surface area contributed by atoms with Crippen molar-refractivity contribution in [3.8, 4) is 11.8 Å². The van der Waals surface area contributed by atoms with E-state index in [2.05, 4.69) is 48.0 Å².